The predicted octanol–water partition coefficient (Wildman–Crippen LogP) is 2.87. The average Bonchev–Trinajstić information content (AvgIpc) is 2.85. The van der Waals surface area contributed by atoms with Crippen LogP contribution in [0.5, 0.6) is 11.5 Å². The van der Waals surface area contributed by atoms with Gasteiger partial charge in [-0.1, -0.05) is 6.07 Å². The summed E-state index contributed by atoms with van der Waals surface area (Å²) in [6, 6.07) is 9.83. The summed E-state index contributed by atoms with van der Waals surface area (Å²) in [5.74, 6) is -0.219. The van der Waals surface area contributed by atoms with E-state index < -0.39 is 11.8 Å². The van der Waals surface area contributed by atoms with Gasteiger partial charge in [0.15, 0.2) is 23.9 Å². The van der Waals surface area contributed by atoms with Crippen LogP contribution in [0.3, 0.4) is 0 Å². The quantitative estimate of drug-likeness (QED) is 0.410. The fourth-order valence-electron chi connectivity index (χ4n) is 3.77. The minimum Gasteiger partial charge on any atom is -0.493 e. The lowest BCUT2D eigenvalue weighted by atomic mass is 10.1. The van der Waals surface area contributed by atoms with Gasteiger partial charge in [0.25, 0.3) is 5.91 Å². The number of halogens is 1. The van der Waals surface area contributed by atoms with Crippen LogP contribution in [-0.2, 0) is 20.7 Å². The number of methoxy groups -OCH3 is 2. The Balaban J connectivity index is 1.43. The summed E-state index contributed by atoms with van der Waals surface area (Å²) < 4.78 is 30.0. The molecular weight excluding hydrogens is 443 g/mol. The number of esters is 1. The Morgan fingerprint density at radius 3 is 2.26 bits per heavy atom. The van der Waals surface area contributed by atoms with Gasteiger partial charge < -0.3 is 24.0 Å². The van der Waals surface area contributed by atoms with E-state index in [2.05, 4.69) is 0 Å². The molecule has 1 amide bonds. The van der Waals surface area contributed by atoms with Crippen molar-refractivity contribution in [2.24, 2.45) is 0 Å². The van der Waals surface area contributed by atoms with Crippen molar-refractivity contribution >= 4 is 23.3 Å². The number of hydrogen-bond donors (Lipinski definition) is 0. The first kappa shape index (κ1) is 25.0. The third-order valence-corrected chi connectivity index (χ3v) is 5.75. The summed E-state index contributed by atoms with van der Waals surface area (Å²) in [5.41, 5.74) is 1.61. The van der Waals surface area contributed by atoms with Crippen LogP contribution in [0.25, 0.3) is 0 Å². The number of amides is 1. The van der Waals surface area contributed by atoms with E-state index in [9.17, 15) is 18.8 Å². The van der Waals surface area contributed by atoms with Crippen molar-refractivity contribution in [3.8, 4) is 11.5 Å². The van der Waals surface area contributed by atoms with Gasteiger partial charge in [-0.2, -0.15) is 0 Å². The molecular formula is C25H29FN2O6. The Labute approximate surface area is 198 Å². The number of carbonyl (C=O) groups is 3. The van der Waals surface area contributed by atoms with E-state index in [0.29, 0.717) is 55.3 Å². The highest BCUT2D eigenvalue weighted by Crippen LogP contribution is 2.28. The first-order valence-corrected chi connectivity index (χ1v) is 11.0. The first-order chi connectivity index (χ1) is 16.3. The van der Waals surface area contributed by atoms with Gasteiger partial charge in [-0.3, -0.25) is 14.4 Å². The van der Waals surface area contributed by atoms with E-state index in [1.807, 2.05) is 11.0 Å². The average molecular weight is 473 g/mol. The van der Waals surface area contributed by atoms with Crippen molar-refractivity contribution in [2.45, 2.75) is 19.8 Å². The van der Waals surface area contributed by atoms with Gasteiger partial charge in [-0.15, -0.1) is 0 Å². The number of aryl methyl sites for hydroxylation is 1. The van der Waals surface area contributed by atoms with E-state index in [-0.39, 0.29) is 24.7 Å². The fourth-order valence-corrected chi connectivity index (χ4v) is 3.77. The Morgan fingerprint density at radius 1 is 0.941 bits per heavy atom. The van der Waals surface area contributed by atoms with Crippen molar-refractivity contribution in [3.63, 3.8) is 0 Å². The van der Waals surface area contributed by atoms with Crippen molar-refractivity contribution in [1.29, 1.82) is 0 Å². The molecule has 1 fully saturated rings. The Morgan fingerprint density at radius 2 is 1.65 bits per heavy atom. The number of benzene rings is 2. The lowest BCUT2D eigenvalue weighted by Crippen LogP contribution is -2.50. The number of ketones is 1. The summed E-state index contributed by atoms with van der Waals surface area (Å²) in [6.45, 7) is 2.71. The topological polar surface area (TPSA) is 85.4 Å². The van der Waals surface area contributed by atoms with Crippen molar-refractivity contribution in [2.75, 3.05) is 51.9 Å². The van der Waals surface area contributed by atoms with Crippen molar-refractivity contribution in [3.05, 3.63) is 53.3 Å². The second-order valence-electron chi connectivity index (χ2n) is 7.94. The van der Waals surface area contributed by atoms with E-state index in [1.165, 1.54) is 13.0 Å². The lowest BCUT2D eigenvalue weighted by molar-refractivity contribution is -0.152. The number of piperazine rings is 1. The molecule has 9 heteroatoms. The second kappa shape index (κ2) is 11.5. The maximum Gasteiger partial charge on any atom is 0.306 e. The third kappa shape index (κ3) is 6.24. The number of carbonyl (C=O) groups excluding carboxylic acids is 3. The fraction of sp³-hybridized carbons (Fsp3) is 0.400. The molecule has 0 radical (unpaired) electrons. The van der Waals surface area contributed by atoms with Crippen LogP contribution >= 0.6 is 0 Å². The van der Waals surface area contributed by atoms with Gasteiger partial charge in [0.05, 0.1) is 19.9 Å². The third-order valence-electron chi connectivity index (χ3n) is 5.75. The van der Waals surface area contributed by atoms with Gasteiger partial charge in [0.1, 0.15) is 5.82 Å². The SMILES string of the molecule is COc1ccc(CCC(=O)OCC(=O)N2CCN(c3ccc(C(C)=O)cc3F)CC2)cc1OC. The number of hydrogen-bond acceptors (Lipinski definition) is 7. The predicted molar refractivity (Wildman–Crippen MR) is 124 cm³/mol. The minimum atomic E-state index is -0.464. The molecule has 34 heavy (non-hydrogen) atoms. The monoisotopic (exact) mass is 472 g/mol. The van der Waals surface area contributed by atoms with Crippen LogP contribution in [0.4, 0.5) is 10.1 Å². The Kier molecular flexibility index (Phi) is 8.45. The Bertz CT molecular complexity index is 1050. The summed E-state index contributed by atoms with van der Waals surface area (Å²) >= 11 is 0. The van der Waals surface area contributed by atoms with E-state index in [0.717, 1.165) is 5.56 Å². The molecule has 3 rings (SSSR count). The second-order valence-corrected chi connectivity index (χ2v) is 7.94. The molecule has 2 aromatic rings. The molecule has 0 aromatic heterocycles. The summed E-state index contributed by atoms with van der Waals surface area (Å²) in [6.07, 6.45) is 0.576. The van der Waals surface area contributed by atoms with Gasteiger partial charge in [0, 0.05) is 38.2 Å². The molecule has 0 saturated carbocycles. The normalized spacial score (nSPS) is 13.4. The molecule has 1 aliphatic heterocycles. The smallest absolute Gasteiger partial charge is 0.306 e. The Hall–Kier alpha value is -3.62. The molecule has 0 bridgehead atoms. The molecule has 0 spiro atoms. The van der Waals surface area contributed by atoms with Crippen molar-refractivity contribution in [1.82, 2.24) is 4.90 Å². The van der Waals surface area contributed by atoms with Crippen LogP contribution in [0.2, 0.25) is 0 Å². The highest BCUT2D eigenvalue weighted by atomic mass is 19.1. The maximum absolute atomic E-state index is 14.4. The van der Waals surface area contributed by atoms with Crippen LogP contribution in [0.1, 0.15) is 29.3 Å². The zero-order chi connectivity index (χ0) is 24.7. The molecule has 0 atom stereocenters. The van der Waals surface area contributed by atoms with E-state index in [1.54, 1.807) is 43.4 Å². The molecule has 1 aliphatic rings. The number of anilines is 1. The number of Topliss-reactive ketones (excluding diaryl/α,β-unsaturated/α-hetero) is 1. The zero-order valence-electron chi connectivity index (χ0n) is 19.6. The van der Waals surface area contributed by atoms with Crippen molar-refractivity contribution < 1.29 is 33.0 Å². The number of rotatable bonds is 9. The summed E-state index contributed by atoms with van der Waals surface area (Å²) in [5, 5.41) is 0. The molecule has 0 aliphatic carbocycles. The van der Waals surface area contributed by atoms with Gasteiger partial charge in [-0.05, 0) is 49.2 Å². The van der Waals surface area contributed by atoms with Gasteiger partial charge >= 0.3 is 5.97 Å². The molecule has 182 valence electrons. The number of ether oxygens (including phenoxy) is 3. The molecule has 1 saturated heterocycles. The van der Waals surface area contributed by atoms with E-state index in [4.69, 9.17) is 14.2 Å². The first-order valence-electron chi connectivity index (χ1n) is 11.0. The maximum atomic E-state index is 14.4. The summed E-state index contributed by atoms with van der Waals surface area (Å²) in [7, 11) is 3.10. The van der Waals surface area contributed by atoms with Crippen LogP contribution in [0, 0.1) is 5.82 Å². The molecule has 0 N–H and O–H groups in total. The standard InChI is InChI=1S/C25H29FN2O6/c1-17(29)19-6-7-21(20(26)15-19)27-10-12-28(13-11-27)24(30)16-34-25(31)9-5-18-4-8-22(32-2)23(14-18)33-3/h4,6-8,14-15H,5,9-13,16H2,1-3H3. The molecule has 2 aromatic carbocycles. The minimum absolute atomic E-state index is 0.131. The zero-order valence-corrected chi connectivity index (χ0v) is 19.6. The largest absolute Gasteiger partial charge is 0.493 e. The summed E-state index contributed by atoms with van der Waals surface area (Å²) in [4.78, 5) is 39.4. The van der Waals surface area contributed by atoms with E-state index >= 15 is 0 Å². The van der Waals surface area contributed by atoms with Crippen LogP contribution in [-0.4, -0.2) is 69.6 Å². The van der Waals surface area contributed by atoms with Crippen LogP contribution in [0.15, 0.2) is 36.4 Å². The van der Waals surface area contributed by atoms with Gasteiger partial charge in [0.2, 0.25) is 0 Å². The van der Waals surface area contributed by atoms with Crippen LogP contribution < -0.4 is 14.4 Å². The van der Waals surface area contributed by atoms with Gasteiger partial charge in [-0.25, -0.2) is 4.39 Å². The highest BCUT2D eigenvalue weighted by Gasteiger charge is 2.24. The molecule has 1 heterocycles. The highest BCUT2D eigenvalue weighted by molar-refractivity contribution is 5.94. The number of nitrogens with zero attached hydrogens (tertiary/aromatic N) is 2. The molecule has 0 unspecified atom stereocenters. The lowest BCUT2D eigenvalue weighted by Gasteiger charge is -2.36. The molecule has 8 nitrogen and oxygen atoms in total.